The van der Waals surface area contributed by atoms with Crippen molar-refractivity contribution in [2.75, 3.05) is 7.11 Å². The van der Waals surface area contributed by atoms with Gasteiger partial charge in [0.1, 0.15) is 5.75 Å². The number of methoxy groups -OCH3 is 1. The predicted octanol–water partition coefficient (Wildman–Crippen LogP) is 3.36. The Bertz CT molecular complexity index is 1050. The van der Waals surface area contributed by atoms with Gasteiger partial charge < -0.3 is 9.30 Å². The number of rotatable bonds is 4. The maximum Gasteiger partial charge on any atom is 0.285 e. The summed E-state index contributed by atoms with van der Waals surface area (Å²) in [6, 6.07) is 15.9. The summed E-state index contributed by atoms with van der Waals surface area (Å²) >= 11 is 1.35. The van der Waals surface area contributed by atoms with Crippen molar-refractivity contribution < 1.29 is 13.2 Å². The lowest BCUT2D eigenvalue weighted by atomic mass is 10.1. The molecule has 2 aromatic carbocycles. The summed E-state index contributed by atoms with van der Waals surface area (Å²) in [5.74, 6) is 0.774. The smallest absolute Gasteiger partial charge is 0.285 e. The highest BCUT2D eigenvalue weighted by atomic mass is 32.2. The number of hydrogen-bond donors (Lipinski definition) is 0. The molecule has 0 spiro atoms. The van der Waals surface area contributed by atoms with Crippen molar-refractivity contribution in [1.29, 1.82) is 0 Å². The summed E-state index contributed by atoms with van der Waals surface area (Å²) in [7, 11) is -0.294. The highest BCUT2D eigenvalue weighted by Gasteiger charge is 2.15. The van der Waals surface area contributed by atoms with Gasteiger partial charge in [0.2, 0.25) is 4.80 Å². The van der Waals surface area contributed by atoms with Gasteiger partial charge in [-0.25, -0.2) is 0 Å². The first-order valence-corrected chi connectivity index (χ1v) is 9.85. The largest absolute Gasteiger partial charge is 0.497 e. The van der Waals surface area contributed by atoms with Gasteiger partial charge >= 0.3 is 0 Å². The minimum absolute atomic E-state index is 0.187. The van der Waals surface area contributed by atoms with Gasteiger partial charge in [-0.1, -0.05) is 18.2 Å². The summed E-state index contributed by atoms with van der Waals surface area (Å²) in [5.41, 5.74) is 1.92. The van der Waals surface area contributed by atoms with E-state index in [2.05, 4.69) is 4.40 Å². The summed E-state index contributed by atoms with van der Waals surface area (Å²) in [5, 5.41) is 0. The van der Waals surface area contributed by atoms with Crippen LogP contribution in [0.3, 0.4) is 0 Å². The molecule has 0 amide bonds. The van der Waals surface area contributed by atoms with Gasteiger partial charge in [-0.15, -0.1) is 15.7 Å². The van der Waals surface area contributed by atoms with Gasteiger partial charge in [-0.3, -0.25) is 0 Å². The van der Waals surface area contributed by atoms with E-state index in [1.165, 1.54) is 11.3 Å². The van der Waals surface area contributed by atoms with E-state index in [-0.39, 0.29) is 4.90 Å². The number of aromatic nitrogens is 1. The monoisotopic (exact) mass is 374 g/mol. The fraction of sp³-hybridized carbons (Fsp3) is 0.167. The van der Waals surface area contributed by atoms with Gasteiger partial charge in [0.05, 0.1) is 17.7 Å². The SMILES string of the molecule is COc1ccc(-c2c(C)sc(=NS(=O)(=O)c3ccccc3)n2C)cc1. The van der Waals surface area contributed by atoms with E-state index in [0.29, 0.717) is 4.80 Å². The molecule has 0 radical (unpaired) electrons. The molecule has 0 aliphatic heterocycles. The average molecular weight is 374 g/mol. The van der Waals surface area contributed by atoms with Crippen LogP contribution >= 0.6 is 11.3 Å². The maximum atomic E-state index is 12.5. The quantitative estimate of drug-likeness (QED) is 0.703. The van der Waals surface area contributed by atoms with Crippen molar-refractivity contribution in [2.45, 2.75) is 11.8 Å². The van der Waals surface area contributed by atoms with Crippen LogP contribution in [0.2, 0.25) is 0 Å². The van der Waals surface area contributed by atoms with Crippen LogP contribution in [0.25, 0.3) is 11.3 Å². The van der Waals surface area contributed by atoms with Crippen LogP contribution in [0.15, 0.2) is 63.9 Å². The lowest BCUT2D eigenvalue weighted by molar-refractivity contribution is 0.415. The number of ether oxygens (including phenoxy) is 1. The van der Waals surface area contributed by atoms with Gasteiger partial charge in [0, 0.05) is 11.9 Å². The number of thiazole rings is 1. The standard InChI is InChI=1S/C18H18N2O3S2/c1-13-17(14-9-11-15(23-3)12-10-14)20(2)18(24-13)19-25(21,22)16-7-5-4-6-8-16/h4-12H,1-3H3. The van der Waals surface area contributed by atoms with Gasteiger partial charge in [0.25, 0.3) is 10.0 Å². The summed E-state index contributed by atoms with van der Waals surface area (Å²) < 4.78 is 36.0. The van der Waals surface area contributed by atoms with Gasteiger partial charge in [-0.2, -0.15) is 8.42 Å². The highest BCUT2D eigenvalue weighted by Crippen LogP contribution is 2.26. The van der Waals surface area contributed by atoms with E-state index >= 15 is 0 Å². The van der Waals surface area contributed by atoms with Crippen LogP contribution in [0.1, 0.15) is 4.88 Å². The van der Waals surface area contributed by atoms with Crippen molar-refractivity contribution in [3.05, 3.63) is 64.3 Å². The lowest BCUT2D eigenvalue weighted by Gasteiger charge is -2.06. The Morgan fingerprint density at radius 1 is 1.04 bits per heavy atom. The first-order chi connectivity index (χ1) is 11.9. The van der Waals surface area contributed by atoms with E-state index in [0.717, 1.165) is 21.9 Å². The minimum Gasteiger partial charge on any atom is -0.497 e. The first-order valence-electron chi connectivity index (χ1n) is 7.59. The topological polar surface area (TPSA) is 60.7 Å². The average Bonchev–Trinajstić information content (AvgIpc) is 2.89. The molecule has 0 saturated carbocycles. The lowest BCUT2D eigenvalue weighted by Crippen LogP contribution is -2.14. The third-order valence-corrected chi connectivity index (χ3v) is 6.25. The van der Waals surface area contributed by atoms with Crippen LogP contribution in [0.5, 0.6) is 5.75 Å². The van der Waals surface area contributed by atoms with E-state index in [4.69, 9.17) is 4.74 Å². The Labute approximate surface area is 150 Å². The maximum absolute atomic E-state index is 12.5. The van der Waals surface area contributed by atoms with Crippen LogP contribution in [-0.4, -0.2) is 20.1 Å². The zero-order valence-corrected chi connectivity index (χ0v) is 15.8. The molecular formula is C18H18N2O3S2. The summed E-state index contributed by atoms with van der Waals surface area (Å²) in [4.78, 5) is 1.62. The molecule has 25 heavy (non-hydrogen) atoms. The second-order valence-corrected chi connectivity index (χ2v) is 8.24. The van der Waals surface area contributed by atoms with Crippen molar-refractivity contribution >= 4 is 21.4 Å². The predicted molar refractivity (Wildman–Crippen MR) is 99.2 cm³/mol. The molecule has 0 unspecified atom stereocenters. The Morgan fingerprint density at radius 2 is 1.68 bits per heavy atom. The van der Waals surface area contributed by atoms with Gasteiger partial charge in [0.15, 0.2) is 0 Å². The van der Waals surface area contributed by atoms with Crippen molar-refractivity contribution in [3.8, 4) is 17.0 Å². The highest BCUT2D eigenvalue weighted by molar-refractivity contribution is 7.90. The molecule has 5 nitrogen and oxygen atoms in total. The second-order valence-electron chi connectivity index (χ2n) is 5.46. The third kappa shape index (κ3) is 3.52. The normalized spacial score (nSPS) is 12.4. The molecular weight excluding hydrogens is 356 g/mol. The fourth-order valence-electron chi connectivity index (χ4n) is 2.56. The van der Waals surface area contributed by atoms with E-state index in [9.17, 15) is 8.42 Å². The number of hydrogen-bond acceptors (Lipinski definition) is 4. The molecule has 0 aliphatic rings. The molecule has 1 aromatic heterocycles. The Kier molecular flexibility index (Phi) is 4.78. The molecule has 3 aromatic rings. The Hall–Kier alpha value is -2.38. The second kappa shape index (κ2) is 6.85. The molecule has 0 fully saturated rings. The van der Waals surface area contributed by atoms with Crippen molar-refractivity contribution in [3.63, 3.8) is 0 Å². The Balaban J connectivity index is 2.11. The first kappa shape index (κ1) is 17.4. The van der Waals surface area contributed by atoms with E-state index in [1.807, 2.05) is 42.8 Å². The number of nitrogens with zero attached hydrogens (tertiary/aromatic N) is 2. The summed E-state index contributed by atoms with van der Waals surface area (Å²) in [6.45, 7) is 1.96. The van der Waals surface area contributed by atoms with E-state index in [1.54, 1.807) is 37.4 Å². The van der Waals surface area contributed by atoms with Crippen molar-refractivity contribution in [1.82, 2.24) is 4.57 Å². The zero-order valence-electron chi connectivity index (χ0n) is 14.1. The number of aryl methyl sites for hydroxylation is 1. The molecule has 1 heterocycles. The Morgan fingerprint density at radius 3 is 2.28 bits per heavy atom. The molecule has 0 N–H and O–H groups in total. The molecule has 0 aliphatic carbocycles. The fourth-order valence-corrected chi connectivity index (χ4v) is 4.79. The molecule has 130 valence electrons. The minimum atomic E-state index is -3.74. The summed E-state index contributed by atoms with van der Waals surface area (Å²) in [6.07, 6.45) is 0. The number of benzene rings is 2. The van der Waals surface area contributed by atoms with Gasteiger partial charge in [-0.05, 0) is 48.9 Å². The molecule has 0 saturated heterocycles. The van der Waals surface area contributed by atoms with E-state index < -0.39 is 10.0 Å². The van der Waals surface area contributed by atoms with Crippen LogP contribution in [0.4, 0.5) is 0 Å². The molecule has 3 rings (SSSR count). The molecule has 0 atom stereocenters. The third-order valence-electron chi connectivity index (χ3n) is 3.80. The molecule has 7 heteroatoms. The molecule has 0 bridgehead atoms. The van der Waals surface area contributed by atoms with Crippen LogP contribution in [0, 0.1) is 6.92 Å². The zero-order chi connectivity index (χ0) is 18.0. The van der Waals surface area contributed by atoms with Crippen LogP contribution in [-0.2, 0) is 17.1 Å². The number of sulfonamides is 1. The van der Waals surface area contributed by atoms with Crippen molar-refractivity contribution in [2.24, 2.45) is 11.4 Å². The van der Waals surface area contributed by atoms with Crippen LogP contribution < -0.4 is 9.54 Å².